The van der Waals surface area contributed by atoms with E-state index >= 15 is 0 Å². The molecule has 2 aromatic heterocycles. The molecular weight excluding hydrogens is 468 g/mol. The molecule has 0 bridgehead atoms. The zero-order chi connectivity index (χ0) is 25.7. The first kappa shape index (κ1) is 24.2. The summed E-state index contributed by atoms with van der Waals surface area (Å²) in [6.45, 7) is 7.40. The van der Waals surface area contributed by atoms with E-state index in [1.807, 2.05) is 12.1 Å². The number of primary amides is 1. The molecule has 4 heterocycles. The highest BCUT2D eigenvalue weighted by atomic mass is 16.6. The van der Waals surface area contributed by atoms with Crippen molar-refractivity contribution in [1.82, 2.24) is 19.4 Å². The monoisotopic (exact) mass is 504 g/mol. The number of fused-ring (bicyclic) bond motifs is 1. The second-order valence-corrected chi connectivity index (χ2v) is 11.6. The van der Waals surface area contributed by atoms with Crippen LogP contribution in [0.15, 0.2) is 36.8 Å². The van der Waals surface area contributed by atoms with Crippen molar-refractivity contribution < 1.29 is 14.3 Å². The Bertz CT molecular complexity index is 1310. The Kier molecular flexibility index (Phi) is 6.07. The van der Waals surface area contributed by atoms with Gasteiger partial charge in [-0.25, -0.2) is 9.97 Å². The van der Waals surface area contributed by atoms with Crippen molar-refractivity contribution >= 4 is 22.8 Å². The molecule has 4 N–H and O–H groups in total. The van der Waals surface area contributed by atoms with Crippen LogP contribution in [0.25, 0.3) is 22.2 Å². The van der Waals surface area contributed by atoms with Crippen LogP contribution in [0.5, 0.6) is 5.75 Å². The minimum atomic E-state index is -0.184. The van der Waals surface area contributed by atoms with Crippen LogP contribution in [0, 0.1) is 11.8 Å². The van der Waals surface area contributed by atoms with Crippen molar-refractivity contribution in [2.75, 3.05) is 32.0 Å². The van der Waals surface area contributed by atoms with Crippen molar-refractivity contribution in [2.45, 2.75) is 57.3 Å². The van der Waals surface area contributed by atoms with Crippen LogP contribution < -0.4 is 16.2 Å². The molecule has 37 heavy (non-hydrogen) atoms. The maximum Gasteiger partial charge on any atom is 0.223 e. The molecule has 9 nitrogen and oxygen atoms in total. The lowest BCUT2D eigenvalue weighted by Gasteiger charge is -2.44. The lowest BCUT2D eigenvalue weighted by Crippen LogP contribution is -2.54. The van der Waals surface area contributed by atoms with Crippen molar-refractivity contribution in [2.24, 2.45) is 17.6 Å². The van der Waals surface area contributed by atoms with Gasteiger partial charge in [0.1, 0.15) is 30.1 Å². The average Bonchev–Trinajstić information content (AvgIpc) is 3.36. The summed E-state index contributed by atoms with van der Waals surface area (Å²) in [5, 5.41) is 0.885. The molecule has 0 spiro atoms. The summed E-state index contributed by atoms with van der Waals surface area (Å²) in [5.41, 5.74) is 14.6. The summed E-state index contributed by atoms with van der Waals surface area (Å²) in [5.74, 6) is 1.74. The SMILES string of the molecule is CC1(C)CCC(COc2cccc(-c3cn(C4CC(CN5CC(C(N)=O)C5)C4)c4ncnc(N)c34)c2)O1. The highest BCUT2D eigenvalue weighted by molar-refractivity contribution is 6.00. The van der Waals surface area contributed by atoms with Gasteiger partial charge in [0.2, 0.25) is 5.91 Å². The van der Waals surface area contributed by atoms with Gasteiger partial charge in [-0.05, 0) is 63.1 Å². The van der Waals surface area contributed by atoms with Crippen LogP contribution in [0.4, 0.5) is 5.82 Å². The Morgan fingerprint density at radius 1 is 1.24 bits per heavy atom. The Labute approximate surface area is 217 Å². The normalized spacial score (nSPS) is 25.6. The molecule has 196 valence electrons. The van der Waals surface area contributed by atoms with Gasteiger partial charge in [0, 0.05) is 37.4 Å². The number of carbonyl (C=O) groups excluding carboxylic acids is 1. The van der Waals surface area contributed by atoms with E-state index in [2.05, 4.69) is 51.6 Å². The van der Waals surface area contributed by atoms with Crippen molar-refractivity contribution in [3.8, 4) is 16.9 Å². The van der Waals surface area contributed by atoms with Gasteiger partial charge in [-0.3, -0.25) is 4.79 Å². The summed E-state index contributed by atoms with van der Waals surface area (Å²) in [6.07, 6.45) is 8.05. The highest BCUT2D eigenvalue weighted by Gasteiger charge is 2.38. The van der Waals surface area contributed by atoms with Crippen LogP contribution in [-0.2, 0) is 9.53 Å². The van der Waals surface area contributed by atoms with Gasteiger partial charge in [0.25, 0.3) is 0 Å². The summed E-state index contributed by atoms with van der Waals surface area (Å²) in [6, 6.07) is 8.51. The highest BCUT2D eigenvalue weighted by Crippen LogP contribution is 2.44. The number of aromatic nitrogens is 3. The van der Waals surface area contributed by atoms with E-state index in [9.17, 15) is 4.79 Å². The van der Waals surface area contributed by atoms with E-state index < -0.39 is 0 Å². The molecule has 2 saturated heterocycles. The number of carbonyl (C=O) groups is 1. The van der Waals surface area contributed by atoms with Gasteiger partial charge in [0.15, 0.2) is 0 Å². The number of nitrogens with two attached hydrogens (primary N) is 2. The van der Waals surface area contributed by atoms with E-state index in [1.54, 1.807) is 6.33 Å². The van der Waals surface area contributed by atoms with Crippen LogP contribution >= 0.6 is 0 Å². The third-order valence-electron chi connectivity index (χ3n) is 8.25. The second kappa shape index (κ2) is 9.29. The van der Waals surface area contributed by atoms with E-state index in [0.717, 1.165) is 73.2 Å². The first-order valence-electron chi connectivity index (χ1n) is 13.3. The van der Waals surface area contributed by atoms with Gasteiger partial charge in [-0.15, -0.1) is 0 Å². The van der Waals surface area contributed by atoms with Gasteiger partial charge in [-0.1, -0.05) is 12.1 Å². The zero-order valence-electron chi connectivity index (χ0n) is 21.6. The molecule has 1 unspecified atom stereocenters. The summed E-state index contributed by atoms with van der Waals surface area (Å²) < 4.78 is 14.5. The zero-order valence-corrected chi connectivity index (χ0v) is 21.6. The van der Waals surface area contributed by atoms with E-state index in [4.69, 9.17) is 20.9 Å². The molecule has 2 aliphatic heterocycles. The number of benzene rings is 1. The number of anilines is 1. The molecule has 1 amide bonds. The minimum Gasteiger partial charge on any atom is -0.491 e. The lowest BCUT2D eigenvalue weighted by molar-refractivity contribution is -0.127. The van der Waals surface area contributed by atoms with Crippen molar-refractivity contribution in [3.05, 3.63) is 36.8 Å². The number of likely N-dealkylation sites (tertiary alicyclic amines) is 1. The van der Waals surface area contributed by atoms with Crippen molar-refractivity contribution in [3.63, 3.8) is 0 Å². The Balaban J connectivity index is 1.17. The third-order valence-corrected chi connectivity index (χ3v) is 8.25. The maximum atomic E-state index is 11.3. The van der Waals surface area contributed by atoms with Crippen LogP contribution in [0.1, 0.15) is 45.6 Å². The molecule has 0 radical (unpaired) electrons. The number of hydrogen-bond donors (Lipinski definition) is 2. The predicted molar refractivity (Wildman–Crippen MR) is 142 cm³/mol. The second-order valence-electron chi connectivity index (χ2n) is 11.6. The van der Waals surface area contributed by atoms with Crippen LogP contribution in [0.3, 0.4) is 0 Å². The number of hydrogen-bond acceptors (Lipinski definition) is 7. The van der Waals surface area contributed by atoms with E-state index in [-0.39, 0.29) is 23.5 Å². The molecular formula is C28H36N6O3. The summed E-state index contributed by atoms with van der Waals surface area (Å²) in [7, 11) is 0. The number of rotatable bonds is 8. The molecule has 1 aliphatic carbocycles. The first-order valence-corrected chi connectivity index (χ1v) is 13.3. The van der Waals surface area contributed by atoms with E-state index in [1.165, 1.54) is 0 Å². The topological polar surface area (TPSA) is 122 Å². The number of ether oxygens (including phenoxy) is 2. The average molecular weight is 505 g/mol. The predicted octanol–water partition coefficient (Wildman–Crippen LogP) is 3.39. The number of nitrogen functional groups attached to an aromatic ring is 1. The molecule has 1 saturated carbocycles. The quantitative estimate of drug-likeness (QED) is 0.482. The molecule has 3 aromatic rings. The Morgan fingerprint density at radius 3 is 2.78 bits per heavy atom. The molecule has 1 aromatic carbocycles. The largest absolute Gasteiger partial charge is 0.491 e. The Morgan fingerprint density at radius 2 is 2.05 bits per heavy atom. The Hall–Kier alpha value is -3.17. The summed E-state index contributed by atoms with van der Waals surface area (Å²) >= 11 is 0. The molecule has 6 rings (SSSR count). The van der Waals surface area contributed by atoms with Crippen LogP contribution in [0.2, 0.25) is 0 Å². The maximum absolute atomic E-state index is 11.3. The first-order chi connectivity index (χ1) is 17.8. The van der Waals surface area contributed by atoms with Gasteiger partial charge < -0.3 is 30.4 Å². The lowest BCUT2D eigenvalue weighted by atomic mass is 9.79. The number of nitrogens with zero attached hydrogens (tertiary/aromatic N) is 4. The molecule has 3 fully saturated rings. The van der Waals surface area contributed by atoms with Crippen LogP contribution in [-0.4, -0.2) is 63.3 Å². The number of amides is 1. The smallest absolute Gasteiger partial charge is 0.223 e. The van der Waals surface area contributed by atoms with Crippen molar-refractivity contribution in [1.29, 1.82) is 0 Å². The summed E-state index contributed by atoms with van der Waals surface area (Å²) in [4.78, 5) is 22.5. The molecule has 9 heteroatoms. The van der Waals surface area contributed by atoms with Gasteiger partial charge in [-0.2, -0.15) is 0 Å². The standard InChI is InChI=1S/C28H36N6O3/c1-28(2)7-6-22(37-28)15-36-21-5-3-4-18(10-21)23-14-34(27-24(23)25(29)31-16-32-27)20-8-17(9-20)11-33-12-19(13-33)26(30)35/h3-5,10,14,16-17,19-20,22H,6-9,11-13,15H2,1-2H3,(H2,30,35)(H2,29,31,32). The van der Waals surface area contributed by atoms with Gasteiger partial charge in [0.05, 0.1) is 23.0 Å². The minimum absolute atomic E-state index is 0.0174. The fraction of sp³-hybridized carbons (Fsp3) is 0.536. The van der Waals surface area contributed by atoms with Gasteiger partial charge >= 0.3 is 0 Å². The van der Waals surface area contributed by atoms with E-state index in [0.29, 0.717) is 24.4 Å². The molecule has 1 atom stereocenters. The molecule has 3 aliphatic rings. The fourth-order valence-corrected chi connectivity index (χ4v) is 6.08. The fourth-order valence-electron chi connectivity index (χ4n) is 6.08. The third kappa shape index (κ3) is 4.78.